The summed E-state index contributed by atoms with van der Waals surface area (Å²) in [5.74, 6) is 0. The minimum atomic E-state index is -0.756. The normalized spacial score (nSPS) is 13.9. The van der Waals surface area contributed by atoms with Gasteiger partial charge in [-0.05, 0) is 30.7 Å². The molecular formula is C12H17N3OS. The van der Waals surface area contributed by atoms with Gasteiger partial charge in [0.25, 0.3) is 0 Å². The van der Waals surface area contributed by atoms with Crippen molar-refractivity contribution in [2.45, 2.75) is 25.1 Å². The van der Waals surface area contributed by atoms with E-state index in [1.165, 1.54) is 0 Å². The highest BCUT2D eigenvalue weighted by Crippen LogP contribution is 2.01. The third kappa shape index (κ3) is 5.07. The molecule has 0 aliphatic carbocycles. The first-order chi connectivity index (χ1) is 8.13. The molecule has 0 aliphatic heterocycles. The Balaban J connectivity index is 2.31. The van der Waals surface area contributed by atoms with E-state index < -0.39 is 10.8 Å². The molecule has 0 bridgehead atoms. The summed E-state index contributed by atoms with van der Waals surface area (Å²) in [4.78, 5) is 3.91. The zero-order valence-corrected chi connectivity index (χ0v) is 11.0. The lowest BCUT2D eigenvalue weighted by atomic mass is 10.2. The molecule has 1 aromatic heterocycles. The fourth-order valence-electron chi connectivity index (χ4n) is 1.35. The molecule has 5 heteroatoms. The van der Waals surface area contributed by atoms with Crippen LogP contribution in [-0.4, -0.2) is 27.2 Å². The molecule has 17 heavy (non-hydrogen) atoms. The highest BCUT2D eigenvalue weighted by atomic mass is 32.2. The molecule has 92 valence electrons. The molecule has 0 fully saturated rings. The first-order valence-corrected chi connectivity index (χ1v) is 7.13. The number of nitrogens with zero attached hydrogens (tertiary/aromatic N) is 2. The summed E-state index contributed by atoms with van der Waals surface area (Å²) in [6, 6.07) is 5.67. The lowest BCUT2D eigenvalue weighted by Gasteiger charge is -2.09. The molecule has 1 heterocycles. The van der Waals surface area contributed by atoms with Crippen LogP contribution in [0.4, 0.5) is 0 Å². The molecule has 0 aromatic carbocycles. The van der Waals surface area contributed by atoms with E-state index in [0.717, 1.165) is 18.5 Å². The molecular weight excluding hydrogens is 234 g/mol. The minimum absolute atomic E-state index is 0.217. The second-order valence-corrected chi connectivity index (χ2v) is 5.74. The zero-order valence-electron chi connectivity index (χ0n) is 10.1. The monoisotopic (exact) mass is 251 g/mol. The Morgan fingerprint density at radius 1 is 1.65 bits per heavy atom. The summed E-state index contributed by atoms with van der Waals surface area (Å²) in [7, 11) is -0.756. The van der Waals surface area contributed by atoms with Crippen LogP contribution in [0.15, 0.2) is 18.3 Å². The second-order valence-electron chi connectivity index (χ2n) is 3.94. The van der Waals surface area contributed by atoms with Crippen LogP contribution < -0.4 is 5.32 Å². The number of aromatic nitrogens is 1. The molecule has 0 amide bonds. The summed E-state index contributed by atoms with van der Waals surface area (Å²) in [6.07, 6.45) is 4.26. The third-order valence-corrected chi connectivity index (χ3v) is 3.93. The molecule has 0 spiro atoms. The van der Waals surface area contributed by atoms with Crippen LogP contribution in [0.3, 0.4) is 0 Å². The van der Waals surface area contributed by atoms with Crippen molar-refractivity contribution in [2.24, 2.45) is 0 Å². The topological polar surface area (TPSA) is 65.8 Å². The van der Waals surface area contributed by atoms with Gasteiger partial charge in [0.15, 0.2) is 0 Å². The van der Waals surface area contributed by atoms with E-state index in [9.17, 15) is 4.21 Å². The van der Waals surface area contributed by atoms with Gasteiger partial charge in [0, 0.05) is 35.0 Å². The fourth-order valence-corrected chi connectivity index (χ4v) is 1.80. The van der Waals surface area contributed by atoms with Crippen LogP contribution in [-0.2, 0) is 17.3 Å². The predicted octanol–water partition coefficient (Wildman–Crippen LogP) is 1.20. The number of pyridine rings is 1. The van der Waals surface area contributed by atoms with Crippen molar-refractivity contribution in [3.05, 3.63) is 29.6 Å². The van der Waals surface area contributed by atoms with Crippen LogP contribution in [0.5, 0.6) is 0 Å². The number of rotatable bonds is 6. The summed E-state index contributed by atoms with van der Waals surface area (Å²) in [6.45, 7) is 3.52. The molecule has 1 rings (SSSR count). The van der Waals surface area contributed by atoms with Gasteiger partial charge in [-0.2, -0.15) is 5.26 Å². The van der Waals surface area contributed by atoms with E-state index in [4.69, 9.17) is 5.26 Å². The van der Waals surface area contributed by atoms with Crippen LogP contribution in [0, 0.1) is 11.3 Å². The van der Waals surface area contributed by atoms with Crippen LogP contribution in [0.25, 0.3) is 0 Å². The Bertz CT molecular complexity index is 428. The quantitative estimate of drug-likeness (QED) is 0.772. The van der Waals surface area contributed by atoms with Gasteiger partial charge in [0.2, 0.25) is 0 Å². The largest absolute Gasteiger partial charge is 0.313 e. The van der Waals surface area contributed by atoms with Crippen molar-refractivity contribution in [1.29, 1.82) is 5.26 Å². The van der Waals surface area contributed by atoms with Crippen molar-refractivity contribution in [3.63, 3.8) is 0 Å². The summed E-state index contributed by atoms with van der Waals surface area (Å²) in [5.41, 5.74) is 1.48. The average molecular weight is 251 g/mol. The van der Waals surface area contributed by atoms with Gasteiger partial charge in [-0.3, -0.25) is 4.21 Å². The number of nitrogens with one attached hydrogen (secondary N) is 1. The van der Waals surface area contributed by atoms with Gasteiger partial charge in [0.1, 0.15) is 11.8 Å². The van der Waals surface area contributed by atoms with Gasteiger partial charge in [0.05, 0.1) is 0 Å². The molecule has 0 aliphatic rings. The first-order valence-electron chi connectivity index (χ1n) is 5.51. The maximum absolute atomic E-state index is 11.1. The fraction of sp³-hybridized carbons (Fsp3) is 0.500. The highest BCUT2D eigenvalue weighted by molar-refractivity contribution is 7.84. The van der Waals surface area contributed by atoms with Crippen molar-refractivity contribution in [2.75, 3.05) is 12.8 Å². The number of hydrogen-bond donors (Lipinski definition) is 1. The van der Waals surface area contributed by atoms with Crippen molar-refractivity contribution < 1.29 is 4.21 Å². The van der Waals surface area contributed by atoms with Crippen LogP contribution in [0.2, 0.25) is 0 Å². The van der Waals surface area contributed by atoms with Crippen molar-refractivity contribution in [1.82, 2.24) is 10.3 Å². The summed E-state index contributed by atoms with van der Waals surface area (Å²) < 4.78 is 11.1. The van der Waals surface area contributed by atoms with E-state index in [0.29, 0.717) is 12.2 Å². The number of nitriles is 1. The molecule has 1 N–H and O–H groups in total. The highest BCUT2D eigenvalue weighted by Gasteiger charge is 2.04. The minimum Gasteiger partial charge on any atom is -0.313 e. The van der Waals surface area contributed by atoms with E-state index in [-0.39, 0.29) is 5.25 Å². The second kappa shape index (κ2) is 7.15. The Kier molecular flexibility index (Phi) is 5.81. The van der Waals surface area contributed by atoms with E-state index in [1.807, 2.05) is 19.1 Å². The Morgan fingerprint density at radius 2 is 2.41 bits per heavy atom. The predicted molar refractivity (Wildman–Crippen MR) is 68.8 cm³/mol. The molecule has 2 atom stereocenters. The summed E-state index contributed by atoms with van der Waals surface area (Å²) in [5, 5.41) is 12.2. The third-order valence-electron chi connectivity index (χ3n) is 2.56. The molecule has 1 aromatic rings. The van der Waals surface area contributed by atoms with E-state index >= 15 is 0 Å². The molecule has 4 nitrogen and oxygen atoms in total. The lowest BCUT2D eigenvalue weighted by molar-refractivity contribution is 0.628. The van der Waals surface area contributed by atoms with E-state index in [2.05, 4.69) is 10.3 Å². The molecule has 0 saturated heterocycles. The van der Waals surface area contributed by atoms with Gasteiger partial charge in [-0.15, -0.1) is 0 Å². The maximum atomic E-state index is 11.1. The SMILES string of the molecule is CC(CCNCc1ccnc(C#N)c1)S(C)=O. The Labute approximate surface area is 105 Å². The average Bonchev–Trinajstić information content (AvgIpc) is 2.34. The van der Waals surface area contributed by atoms with Crippen molar-refractivity contribution in [3.8, 4) is 6.07 Å². The van der Waals surface area contributed by atoms with Gasteiger partial charge < -0.3 is 5.32 Å². The van der Waals surface area contributed by atoms with Crippen LogP contribution in [0.1, 0.15) is 24.6 Å². The van der Waals surface area contributed by atoms with Gasteiger partial charge in [-0.1, -0.05) is 6.92 Å². The van der Waals surface area contributed by atoms with Gasteiger partial charge >= 0.3 is 0 Å². The van der Waals surface area contributed by atoms with Crippen LogP contribution >= 0.6 is 0 Å². The lowest BCUT2D eigenvalue weighted by Crippen LogP contribution is -2.21. The Hall–Kier alpha value is -1.25. The first kappa shape index (κ1) is 13.8. The number of hydrogen-bond acceptors (Lipinski definition) is 4. The zero-order chi connectivity index (χ0) is 12.7. The smallest absolute Gasteiger partial charge is 0.140 e. The molecule has 0 saturated carbocycles. The Morgan fingerprint density at radius 3 is 3.06 bits per heavy atom. The van der Waals surface area contributed by atoms with Gasteiger partial charge in [-0.25, -0.2) is 4.98 Å². The van der Waals surface area contributed by atoms with Crippen molar-refractivity contribution >= 4 is 10.8 Å². The molecule has 0 radical (unpaired) electrons. The summed E-state index contributed by atoms with van der Waals surface area (Å²) >= 11 is 0. The van der Waals surface area contributed by atoms with E-state index in [1.54, 1.807) is 18.5 Å². The maximum Gasteiger partial charge on any atom is 0.140 e. The standard InChI is InChI=1S/C12H17N3OS/c1-10(17(2)16)3-5-14-9-11-4-6-15-12(7-11)8-13/h4,6-7,10,14H,3,5,9H2,1-2H3. The molecule has 2 unspecified atom stereocenters.